The van der Waals surface area contributed by atoms with Crippen molar-refractivity contribution < 1.29 is 23.4 Å². The largest absolute Gasteiger partial charge is 0.481 e. The zero-order valence-corrected chi connectivity index (χ0v) is 12.9. The average Bonchev–Trinajstić information content (AvgIpc) is 2.96. The minimum Gasteiger partial charge on any atom is -0.481 e. The first-order valence-electron chi connectivity index (χ1n) is 7.65. The topological polar surface area (TPSA) is 49.8 Å². The summed E-state index contributed by atoms with van der Waals surface area (Å²) in [5, 5.41) is 9.89. The molecule has 2 aromatic carbocycles. The van der Waals surface area contributed by atoms with Gasteiger partial charge in [0.1, 0.15) is 5.82 Å². The number of ether oxygens (including phenoxy) is 1. The zero-order chi connectivity index (χ0) is 17.1. The summed E-state index contributed by atoms with van der Waals surface area (Å²) in [6.07, 6.45) is -0.356. The first-order chi connectivity index (χ1) is 11.5. The van der Waals surface area contributed by atoms with Crippen LogP contribution in [0, 0.1) is 11.6 Å². The van der Waals surface area contributed by atoms with Crippen LogP contribution in [0.15, 0.2) is 48.5 Å². The molecule has 1 heterocycles. The van der Waals surface area contributed by atoms with E-state index in [0.29, 0.717) is 12.0 Å². The number of hydrogen-bond donors (Lipinski definition) is 1. The fourth-order valence-corrected chi connectivity index (χ4v) is 2.90. The quantitative estimate of drug-likeness (QED) is 0.936. The Hall–Kier alpha value is -2.47. The minimum absolute atomic E-state index is 0.00657. The van der Waals surface area contributed by atoms with E-state index in [-0.39, 0.29) is 24.8 Å². The molecule has 0 unspecified atom stereocenters. The normalized spacial score (nSPS) is 20.2. The molecule has 1 fully saturated rings. The Kier molecular flexibility index (Phi) is 4.76. The number of β-amino-alcohol motifs (C(OH)–C–C–N with tert-alkyl or cyclic N) is 1. The lowest BCUT2D eigenvalue weighted by molar-refractivity contribution is -0.134. The van der Waals surface area contributed by atoms with Crippen LogP contribution < -0.4 is 4.74 Å². The number of halogens is 2. The number of nitrogens with zero attached hydrogens (tertiary/aromatic N) is 1. The Morgan fingerprint density at radius 3 is 2.75 bits per heavy atom. The predicted molar refractivity (Wildman–Crippen MR) is 83.4 cm³/mol. The van der Waals surface area contributed by atoms with E-state index in [0.717, 1.165) is 0 Å². The molecular formula is C18H17F2NO3. The van der Waals surface area contributed by atoms with Crippen LogP contribution in [0.25, 0.3) is 0 Å². The van der Waals surface area contributed by atoms with Crippen LogP contribution in [0.1, 0.15) is 18.0 Å². The lowest BCUT2D eigenvalue weighted by Crippen LogP contribution is -2.35. The van der Waals surface area contributed by atoms with E-state index in [2.05, 4.69) is 0 Å². The number of rotatable bonds is 4. The Balaban J connectivity index is 1.71. The molecule has 126 valence electrons. The molecule has 1 aliphatic rings. The summed E-state index contributed by atoms with van der Waals surface area (Å²) in [6, 6.07) is 11.3. The second-order valence-corrected chi connectivity index (χ2v) is 5.73. The molecular weight excluding hydrogens is 316 g/mol. The third-order valence-electron chi connectivity index (χ3n) is 4.02. The van der Waals surface area contributed by atoms with Gasteiger partial charge >= 0.3 is 0 Å². The van der Waals surface area contributed by atoms with Gasteiger partial charge in [-0.25, -0.2) is 8.78 Å². The Labute approximate surface area is 138 Å². The fraction of sp³-hybridized carbons (Fsp3) is 0.278. The number of carbonyl (C=O) groups excluding carboxylic acids is 1. The molecule has 24 heavy (non-hydrogen) atoms. The number of aliphatic hydroxyl groups excluding tert-OH is 1. The highest BCUT2D eigenvalue weighted by Gasteiger charge is 2.35. The number of aliphatic hydroxyl groups is 1. The summed E-state index contributed by atoms with van der Waals surface area (Å²) in [5.74, 6) is -1.34. The van der Waals surface area contributed by atoms with Gasteiger partial charge in [0.2, 0.25) is 0 Å². The summed E-state index contributed by atoms with van der Waals surface area (Å²) < 4.78 is 32.2. The first kappa shape index (κ1) is 16.4. The second-order valence-electron chi connectivity index (χ2n) is 5.73. The van der Waals surface area contributed by atoms with Crippen LogP contribution in [-0.2, 0) is 4.79 Å². The summed E-state index contributed by atoms with van der Waals surface area (Å²) in [4.78, 5) is 13.9. The molecule has 4 nitrogen and oxygen atoms in total. The number of amides is 1. The molecule has 6 heteroatoms. The van der Waals surface area contributed by atoms with E-state index in [1.54, 1.807) is 18.2 Å². The highest BCUT2D eigenvalue weighted by Crippen LogP contribution is 2.32. The SMILES string of the molecule is O=C(COc1ccccc1F)N1C[C@H](O)C[C@@H]1c1cccc(F)c1. The van der Waals surface area contributed by atoms with Crippen molar-refractivity contribution in [1.82, 2.24) is 4.90 Å². The highest BCUT2D eigenvalue weighted by molar-refractivity contribution is 5.78. The van der Waals surface area contributed by atoms with Crippen LogP contribution >= 0.6 is 0 Å². The zero-order valence-electron chi connectivity index (χ0n) is 12.9. The Morgan fingerprint density at radius 2 is 2.00 bits per heavy atom. The number of likely N-dealkylation sites (tertiary alicyclic amines) is 1. The molecule has 0 spiro atoms. The smallest absolute Gasteiger partial charge is 0.261 e. The maximum absolute atomic E-state index is 13.5. The summed E-state index contributed by atoms with van der Waals surface area (Å²) in [7, 11) is 0. The van der Waals surface area contributed by atoms with Gasteiger partial charge in [-0.1, -0.05) is 24.3 Å². The van der Waals surface area contributed by atoms with Gasteiger partial charge in [-0.2, -0.15) is 0 Å². The van der Waals surface area contributed by atoms with E-state index in [1.807, 2.05) is 0 Å². The Morgan fingerprint density at radius 1 is 1.21 bits per heavy atom. The van der Waals surface area contributed by atoms with Crippen LogP contribution in [0.4, 0.5) is 8.78 Å². The van der Waals surface area contributed by atoms with Gasteiger partial charge in [0.05, 0.1) is 12.1 Å². The molecule has 0 bridgehead atoms. The molecule has 0 aromatic heterocycles. The van der Waals surface area contributed by atoms with Crippen LogP contribution in [0.3, 0.4) is 0 Å². The van der Waals surface area contributed by atoms with Crippen LogP contribution in [0.5, 0.6) is 5.75 Å². The van der Waals surface area contributed by atoms with Gasteiger partial charge < -0.3 is 14.7 Å². The number of para-hydroxylation sites is 1. The van der Waals surface area contributed by atoms with Gasteiger partial charge in [0.25, 0.3) is 5.91 Å². The number of carbonyl (C=O) groups is 1. The van der Waals surface area contributed by atoms with E-state index >= 15 is 0 Å². The lowest BCUT2D eigenvalue weighted by Gasteiger charge is -2.25. The fourth-order valence-electron chi connectivity index (χ4n) is 2.90. The van der Waals surface area contributed by atoms with Gasteiger partial charge in [0, 0.05) is 6.54 Å². The van der Waals surface area contributed by atoms with E-state index in [4.69, 9.17) is 4.74 Å². The molecule has 1 N–H and O–H groups in total. The van der Waals surface area contributed by atoms with Crippen molar-refractivity contribution in [3.8, 4) is 5.75 Å². The standard InChI is InChI=1S/C18H17F2NO3/c19-13-5-3-4-12(8-13)16-9-14(22)10-21(16)18(23)11-24-17-7-2-1-6-15(17)20/h1-8,14,16,22H,9-11H2/t14-,16-/m1/s1. The van der Waals surface area contributed by atoms with Crippen molar-refractivity contribution in [1.29, 1.82) is 0 Å². The number of benzene rings is 2. The molecule has 0 radical (unpaired) electrons. The molecule has 0 saturated carbocycles. The van der Waals surface area contributed by atoms with Gasteiger partial charge in [-0.15, -0.1) is 0 Å². The lowest BCUT2D eigenvalue weighted by atomic mass is 10.0. The van der Waals surface area contributed by atoms with Gasteiger partial charge in [-0.05, 0) is 36.2 Å². The highest BCUT2D eigenvalue weighted by atomic mass is 19.1. The van der Waals surface area contributed by atoms with E-state index in [9.17, 15) is 18.7 Å². The Bertz CT molecular complexity index is 738. The monoisotopic (exact) mass is 333 g/mol. The first-order valence-corrected chi connectivity index (χ1v) is 7.65. The van der Waals surface area contributed by atoms with Gasteiger partial charge in [0.15, 0.2) is 18.2 Å². The predicted octanol–water partition coefficient (Wildman–Crippen LogP) is 2.68. The second kappa shape index (κ2) is 6.97. The average molecular weight is 333 g/mol. The molecule has 1 aliphatic heterocycles. The molecule has 1 amide bonds. The van der Waals surface area contributed by atoms with E-state index in [1.165, 1.54) is 35.2 Å². The van der Waals surface area contributed by atoms with Crippen molar-refractivity contribution in [2.24, 2.45) is 0 Å². The van der Waals surface area contributed by atoms with Crippen molar-refractivity contribution in [3.05, 3.63) is 65.7 Å². The molecule has 3 rings (SSSR count). The van der Waals surface area contributed by atoms with Crippen molar-refractivity contribution >= 4 is 5.91 Å². The summed E-state index contributed by atoms with van der Waals surface area (Å²) in [6.45, 7) is -0.208. The maximum Gasteiger partial charge on any atom is 0.261 e. The van der Waals surface area contributed by atoms with Crippen LogP contribution in [0.2, 0.25) is 0 Å². The third kappa shape index (κ3) is 3.54. The third-order valence-corrected chi connectivity index (χ3v) is 4.02. The van der Waals surface area contributed by atoms with Crippen molar-refractivity contribution in [2.75, 3.05) is 13.2 Å². The van der Waals surface area contributed by atoms with Crippen LogP contribution in [-0.4, -0.2) is 35.2 Å². The molecule has 1 saturated heterocycles. The minimum atomic E-state index is -0.685. The van der Waals surface area contributed by atoms with Crippen molar-refractivity contribution in [3.63, 3.8) is 0 Å². The van der Waals surface area contributed by atoms with Gasteiger partial charge in [-0.3, -0.25) is 4.79 Å². The molecule has 2 aromatic rings. The number of hydrogen-bond acceptors (Lipinski definition) is 3. The van der Waals surface area contributed by atoms with E-state index < -0.39 is 23.8 Å². The summed E-state index contributed by atoms with van der Waals surface area (Å²) >= 11 is 0. The summed E-state index contributed by atoms with van der Waals surface area (Å²) in [5.41, 5.74) is 0.616. The maximum atomic E-state index is 13.5. The molecule has 0 aliphatic carbocycles. The molecule has 2 atom stereocenters. The van der Waals surface area contributed by atoms with Crippen molar-refractivity contribution in [2.45, 2.75) is 18.6 Å².